The molecule has 0 N–H and O–H groups in total. The van der Waals surface area contributed by atoms with Crippen molar-refractivity contribution in [3.63, 3.8) is 0 Å². The first-order chi connectivity index (χ1) is 7.70. The third-order valence-electron chi connectivity index (χ3n) is 2.63. The molecule has 0 aliphatic rings. The van der Waals surface area contributed by atoms with Crippen LogP contribution < -0.4 is 0 Å². The van der Waals surface area contributed by atoms with Gasteiger partial charge in [0.2, 0.25) is 0 Å². The summed E-state index contributed by atoms with van der Waals surface area (Å²) in [6.07, 6.45) is 2.87. The molecule has 0 saturated carbocycles. The molecule has 0 atom stereocenters. The molecule has 0 fully saturated rings. The van der Waals surface area contributed by atoms with Crippen LogP contribution in [0.5, 0.6) is 0 Å². The number of nitrogens with zero attached hydrogens (tertiary/aromatic N) is 2. The summed E-state index contributed by atoms with van der Waals surface area (Å²) >= 11 is 5.73. The van der Waals surface area contributed by atoms with Crippen LogP contribution in [0.4, 0.5) is 0 Å². The van der Waals surface area contributed by atoms with Gasteiger partial charge in [-0.15, -0.1) is 11.6 Å². The topological polar surface area (TPSA) is 17.8 Å². The van der Waals surface area contributed by atoms with Crippen molar-refractivity contribution in [2.45, 2.75) is 20.3 Å². The summed E-state index contributed by atoms with van der Waals surface area (Å²) in [5.74, 6) is 0.617. The van der Waals surface area contributed by atoms with E-state index in [2.05, 4.69) is 43.2 Å². The van der Waals surface area contributed by atoms with Gasteiger partial charge in [0.15, 0.2) is 0 Å². The van der Waals surface area contributed by atoms with Gasteiger partial charge in [-0.1, -0.05) is 17.7 Å². The van der Waals surface area contributed by atoms with Crippen molar-refractivity contribution in [3.05, 3.63) is 47.3 Å². The maximum atomic E-state index is 5.73. The minimum Gasteiger partial charge on any atom is -0.240 e. The van der Waals surface area contributed by atoms with Crippen LogP contribution in [-0.4, -0.2) is 15.7 Å². The maximum absolute atomic E-state index is 5.73. The monoisotopic (exact) mass is 234 g/mol. The minimum atomic E-state index is 0.617. The number of hydrogen-bond donors (Lipinski definition) is 0. The fourth-order valence-corrected chi connectivity index (χ4v) is 1.84. The van der Waals surface area contributed by atoms with Gasteiger partial charge in [-0.3, -0.25) is 0 Å². The summed E-state index contributed by atoms with van der Waals surface area (Å²) in [6, 6.07) is 8.33. The molecule has 1 heterocycles. The highest BCUT2D eigenvalue weighted by Gasteiger charge is 2.05. The van der Waals surface area contributed by atoms with E-state index in [1.54, 1.807) is 0 Å². The van der Waals surface area contributed by atoms with Crippen molar-refractivity contribution < 1.29 is 0 Å². The zero-order chi connectivity index (χ0) is 11.5. The van der Waals surface area contributed by atoms with Gasteiger partial charge in [0.25, 0.3) is 0 Å². The lowest BCUT2D eigenvalue weighted by atomic mass is 10.2. The Balaban J connectivity index is 2.33. The summed E-state index contributed by atoms with van der Waals surface area (Å²) in [7, 11) is 0. The predicted molar refractivity (Wildman–Crippen MR) is 67.5 cm³/mol. The molecule has 3 heteroatoms. The lowest BCUT2D eigenvalue weighted by Gasteiger charge is -2.01. The average Bonchev–Trinajstić information content (AvgIpc) is 2.62. The van der Waals surface area contributed by atoms with Gasteiger partial charge >= 0.3 is 0 Å². The van der Waals surface area contributed by atoms with Crippen LogP contribution in [0, 0.1) is 13.8 Å². The molecule has 16 heavy (non-hydrogen) atoms. The van der Waals surface area contributed by atoms with E-state index in [0.29, 0.717) is 5.88 Å². The zero-order valence-electron chi connectivity index (χ0n) is 9.57. The molecule has 0 aliphatic carbocycles. The molecule has 84 valence electrons. The summed E-state index contributed by atoms with van der Waals surface area (Å²) in [6.45, 7) is 4.15. The molecule has 2 aromatic rings. The zero-order valence-corrected chi connectivity index (χ0v) is 10.3. The summed E-state index contributed by atoms with van der Waals surface area (Å²) in [4.78, 5) is 0. The Morgan fingerprint density at radius 1 is 1.19 bits per heavy atom. The number of alkyl halides is 1. The highest BCUT2D eigenvalue weighted by molar-refractivity contribution is 6.17. The van der Waals surface area contributed by atoms with Crippen molar-refractivity contribution in [2.75, 3.05) is 5.88 Å². The van der Waals surface area contributed by atoms with E-state index >= 15 is 0 Å². The molecule has 1 aromatic heterocycles. The number of aryl methyl sites for hydroxylation is 3. The smallest absolute Gasteiger partial charge is 0.0670 e. The SMILES string of the molecule is Cc1ccc(-n2cc(C)c(CCCl)n2)cc1. The molecule has 0 aliphatic heterocycles. The first kappa shape index (κ1) is 11.2. The predicted octanol–water partition coefficient (Wildman–Crippen LogP) is 3.27. The maximum Gasteiger partial charge on any atom is 0.0670 e. The number of rotatable bonds is 3. The first-order valence-electron chi connectivity index (χ1n) is 5.39. The summed E-state index contributed by atoms with van der Waals surface area (Å²) < 4.78 is 1.91. The number of aromatic nitrogens is 2. The standard InChI is InChI=1S/C13H15ClN2/c1-10-3-5-12(6-4-10)16-9-11(2)13(15-16)7-8-14/h3-6,9H,7-8H2,1-2H3. The normalized spacial score (nSPS) is 10.7. The Kier molecular flexibility index (Phi) is 3.30. The number of halogens is 1. The highest BCUT2D eigenvalue weighted by Crippen LogP contribution is 2.13. The van der Waals surface area contributed by atoms with Crippen LogP contribution in [0.3, 0.4) is 0 Å². The fourth-order valence-electron chi connectivity index (χ4n) is 1.66. The third kappa shape index (κ3) is 2.27. The van der Waals surface area contributed by atoms with Crippen LogP contribution in [0.15, 0.2) is 30.5 Å². The summed E-state index contributed by atoms with van der Waals surface area (Å²) in [5.41, 5.74) is 4.62. The average molecular weight is 235 g/mol. The first-order valence-corrected chi connectivity index (χ1v) is 5.92. The van der Waals surface area contributed by atoms with Crippen molar-refractivity contribution in [1.82, 2.24) is 9.78 Å². The Morgan fingerprint density at radius 2 is 1.88 bits per heavy atom. The van der Waals surface area contributed by atoms with Crippen LogP contribution in [0.25, 0.3) is 5.69 Å². The molecule has 2 nitrogen and oxygen atoms in total. The second-order valence-corrected chi connectivity index (χ2v) is 4.36. The molecule has 0 radical (unpaired) electrons. The van der Waals surface area contributed by atoms with Gasteiger partial charge < -0.3 is 0 Å². The van der Waals surface area contributed by atoms with E-state index in [0.717, 1.165) is 17.8 Å². The van der Waals surface area contributed by atoms with Crippen molar-refractivity contribution in [1.29, 1.82) is 0 Å². The second kappa shape index (κ2) is 4.71. The lowest BCUT2D eigenvalue weighted by molar-refractivity contribution is 0.842. The fraction of sp³-hybridized carbons (Fsp3) is 0.308. The Bertz CT molecular complexity index is 471. The van der Waals surface area contributed by atoms with Gasteiger partial charge in [0, 0.05) is 18.5 Å². The van der Waals surface area contributed by atoms with Crippen LogP contribution in [0.1, 0.15) is 16.8 Å². The Morgan fingerprint density at radius 3 is 2.50 bits per heavy atom. The largest absolute Gasteiger partial charge is 0.240 e. The lowest BCUT2D eigenvalue weighted by Crippen LogP contribution is -1.96. The quantitative estimate of drug-likeness (QED) is 0.746. The highest BCUT2D eigenvalue weighted by atomic mass is 35.5. The van der Waals surface area contributed by atoms with E-state index in [1.807, 2.05) is 10.9 Å². The number of hydrogen-bond acceptors (Lipinski definition) is 1. The molecule has 0 amide bonds. The van der Waals surface area contributed by atoms with E-state index in [4.69, 9.17) is 11.6 Å². The molecule has 0 unspecified atom stereocenters. The van der Waals surface area contributed by atoms with Crippen molar-refractivity contribution in [2.24, 2.45) is 0 Å². The van der Waals surface area contributed by atoms with Crippen molar-refractivity contribution >= 4 is 11.6 Å². The van der Waals surface area contributed by atoms with Crippen LogP contribution >= 0.6 is 11.6 Å². The summed E-state index contributed by atoms with van der Waals surface area (Å²) in [5, 5.41) is 4.53. The molecule has 1 aromatic carbocycles. The minimum absolute atomic E-state index is 0.617. The molecule has 2 rings (SSSR count). The van der Waals surface area contributed by atoms with Gasteiger partial charge in [-0.25, -0.2) is 4.68 Å². The van der Waals surface area contributed by atoms with Crippen molar-refractivity contribution in [3.8, 4) is 5.69 Å². The Labute approximate surface area is 101 Å². The molecular weight excluding hydrogens is 220 g/mol. The van der Waals surface area contributed by atoms with E-state index in [-0.39, 0.29) is 0 Å². The molecule has 0 saturated heterocycles. The Hall–Kier alpha value is -1.28. The van der Waals surface area contributed by atoms with E-state index < -0.39 is 0 Å². The van der Waals surface area contributed by atoms with Crippen LogP contribution in [-0.2, 0) is 6.42 Å². The van der Waals surface area contributed by atoms with Gasteiger partial charge in [-0.2, -0.15) is 5.10 Å². The third-order valence-corrected chi connectivity index (χ3v) is 2.82. The van der Waals surface area contributed by atoms with Gasteiger partial charge in [-0.05, 0) is 31.5 Å². The van der Waals surface area contributed by atoms with E-state index in [1.165, 1.54) is 11.1 Å². The van der Waals surface area contributed by atoms with Crippen LogP contribution in [0.2, 0.25) is 0 Å². The molecule has 0 bridgehead atoms. The number of benzene rings is 1. The molecular formula is C13H15ClN2. The molecule has 0 spiro atoms. The van der Waals surface area contributed by atoms with Gasteiger partial charge in [0.05, 0.1) is 11.4 Å². The second-order valence-electron chi connectivity index (χ2n) is 3.98. The van der Waals surface area contributed by atoms with E-state index in [9.17, 15) is 0 Å². The van der Waals surface area contributed by atoms with Gasteiger partial charge in [0.1, 0.15) is 0 Å².